The van der Waals surface area contributed by atoms with E-state index in [1.807, 2.05) is 6.92 Å². The Morgan fingerprint density at radius 3 is 2.19 bits per heavy atom. The third kappa shape index (κ3) is 2.69. The van der Waals surface area contributed by atoms with Crippen molar-refractivity contribution in [1.29, 1.82) is 0 Å². The monoisotopic (exact) mass is 291 g/mol. The van der Waals surface area contributed by atoms with Gasteiger partial charge in [0.05, 0.1) is 31.7 Å². The lowest BCUT2D eigenvalue weighted by atomic mass is 9.86. The van der Waals surface area contributed by atoms with Crippen molar-refractivity contribution in [3.05, 3.63) is 53.6 Å². The van der Waals surface area contributed by atoms with Crippen LogP contribution >= 0.6 is 0 Å². The molecule has 4 nitrogen and oxygen atoms in total. The Morgan fingerprint density at radius 2 is 1.76 bits per heavy atom. The standard InChI is InChI=1S/C16H18FNO3/c1-4-16(19,14-9-8-11(17)10-18-14)15-12(20-2)6-5-7-13(15)21-3/h5-10,19H,4H2,1-3H3. The summed E-state index contributed by atoms with van der Waals surface area (Å²) in [6.07, 6.45) is 1.42. The molecule has 0 saturated heterocycles. The lowest BCUT2D eigenvalue weighted by Gasteiger charge is -2.29. The molecule has 0 aliphatic heterocycles. The van der Waals surface area contributed by atoms with Crippen LogP contribution in [0.4, 0.5) is 4.39 Å². The summed E-state index contributed by atoms with van der Waals surface area (Å²) in [6, 6.07) is 7.98. The van der Waals surface area contributed by atoms with E-state index in [4.69, 9.17) is 9.47 Å². The van der Waals surface area contributed by atoms with Crippen LogP contribution in [0.15, 0.2) is 36.5 Å². The maximum Gasteiger partial charge on any atom is 0.141 e. The largest absolute Gasteiger partial charge is 0.496 e. The third-order valence-electron chi connectivity index (χ3n) is 3.50. The molecule has 1 N–H and O–H groups in total. The summed E-state index contributed by atoms with van der Waals surface area (Å²) >= 11 is 0. The zero-order chi connectivity index (χ0) is 15.5. The van der Waals surface area contributed by atoms with E-state index in [-0.39, 0.29) is 0 Å². The van der Waals surface area contributed by atoms with E-state index in [1.165, 1.54) is 26.4 Å². The molecule has 1 aromatic heterocycles. The number of halogens is 1. The quantitative estimate of drug-likeness (QED) is 0.920. The summed E-state index contributed by atoms with van der Waals surface area (Å²) in [5.41, 5.74) is -0.600. The Labute approximate surface area is 123 Å². The Morgan fingerprint density at radius 1 is 1.14 bits per heavy atom. The van der Waals surface area contributed by atoms with Crippen LogP contribution in [0.2, 0.25) is 0 Å². The molecule has 21 heavy (non-hydrogen) atoms. The van der Waals surface area contributed by atoms with Gasteiger partial charge in [-0.1, -0.05) is 13.0 Å². The van der Waals surface area contributed by atoms with Crippen LogP contribution in [0, 0.1) is 5.82 Å². The molecule has 0 amide bonds. The fourth-order valence-electron chi connectivity index (χ4n) is 2.37. The molecule has 0 aliphatic carbocycles. The van der Waals surface area contributed by atoms with E-state index in [2.05, 4.69) is 4.98 Å². The number of nitrogens with zero attached hydrogens (tertiary/aromatic N) is 1. The number of benzene rings is 1. The van der Waals surface area contributed by atoms with Gasteiger partial charge in [0, 0.05) is 0 Å². The highest BCUT2D eigenvalue weighted by Crippen LogP contribution is 2.42. The van der Waals surface area contributed by atoms with Crippen LogP contribution in [-0.4, -0.2) is 24.3 Å². The van der Waals surface area contributed by atoms with Gasteiger partial charge in [-0.15, -0.1) is 0 Å². The van der Waals surface area contributed by atoms with E-state index in [1.54, 1.807) is 18.2 Å². The molecule has 2 rings (SSSR count). The number of aliphatic hydroxyl groups is 1. The minimum atomic E-state index is -1.42. The van der Waals surface area contributed by atoms with Crippen molar-refractivity contribution in [3.63, 3.8) is 0 Å². The van der Waals surface area contributed by atoms with Gasteiger partial charge in [-0.05, 0) is 30.7 Å². The number of rotatable bonds is 5. The first kappa shape index (κ1) is 15.3. The molecule has 0 aliphatic rings. The SMILES string of the molecule is CCC(O)(c1ccc(F)cn1)c1c(OC)cccc1OC. The molecule has 0 radical (unpaired) electrons. The number of aromatic nitrogens is 1. The molecule has 2 aromatic rings. The van der Waals surface area contributed by atoms with Gasteiger partial charge in [0.1, 0.15) is 22.9 Å². The molecular formula is C16H18FNO3. The summed E-state index contributed by atoms with van der Waals surface area (Å²) in [5, 5.41) is 11.1. The highest BCUT2D eigenvalue weighted by Gasteiger charge is 2.37. The summed E-state index contributed by atoms with van der Waals surface area (Å²) in [5.74, 6) is 0.527. The topological polar surface area (TPSA) is 51.6 Å². The van der Waals surface area contributed by atoms with Gasteiger partial charge in [0.25, 0.3) is 0 Å². The van der Waals surface area contributed by atoms with Crippen molar-refractivity contribution in [2.75, 3.05) is 14.2 Å². The van der Waals surface area contributed by atoms with Crippen molar-refractivity contribution in [3.8, 4) is 11.5 Å². The van der Waals surface area contributed by atoms with Gasteiger partial charge < -0.3 is 14.6 Å². The number of pyridine rings is 1. The molecular weight excluding hydrogens is 273 g/mol. The zero-order valence-corrected chi connectivity index (χ0v) is 12.3. The minimum Gasteiger partial charge on any atom is -0.496 e. The molecule has 0 bridgehead atoms. The van der Waals surface area contributed by atoms with Crippen molar-refractivity contribution in [1.82, 2.24) is 4.98 Å². The average Bonchev–Trinajstić information content (AvgIpc) is 2.53. The number of hydrogen-bond donors (Lipinski definition) is 1. The predicted molar refractivity (Wildman–Crippen MR) is 77.0 cm³/mol. The summed E-state index contributed by atoms with van der Waals surface area (Å²) in [4.78, 5) is 4.01. The van der Waals surface area contributed by atoms with Gasteiger partial charge in [-0.3, -0.25) is 4.98 Å². The Balaban J connectivity index is 2.67. The van der Waals surface area contributed by atoms with E-state index in [9.17, 15) is 9.50 Å². The minimum absolute atomic E-state index is 0.336. The Kier molecular flexibility index (Phi) is 4.43. The first-order valence-electron chi connectivity index (χ1n) is 6.62. The molecule has 1 atom stereocenters. The van der Waals surface area contributed by atoms with Gasteiger partial charge in [0.15, 0.2) is 0 Å². The Hall–Kier alpha value is -2.14. The predicted octanol–water partition coefficient (Wildman–Crippen LogP) is 2.88. The fourth-order valence-corrected chi connectivity index (χ4v) is 2.37. The summed E-state index contributed by atoms with van der Waals surface area (Å²) < 4.78 is 23.8. The summed E-state index contributed by atoms with van der Waals surface area (Å²) in [6.45, 7) is 1.82. The van der Waals surface area contributed by atoms with Gasteiger partial charge in [0.2, 0.25) is 0 Å². The maximum atomic E-state index is 13.1. The normalized spacial score (nSPS) is 13.6. The first-order chi connectivity index (χ1) is 10.1. The fraction of sp³-hybridized carbons (Fsp3) is 0.312. The second kappa shape index (κ2) is 6.10. The molecule has 5 heteroatoms. The average molecular weight is 291 g/mol. The third-order valence-corrected chi connectivity index (χ3v) is 3.50. The van der Waals surface area contributed by atoms with Gasteiger partial charge in [-0.25, -0.2) is 4.39 Å². The van der Waals surface area contributed by atoms with Crippen LogP contribution < -0.4 is 9.47 Å². The van der Waals surface area contributed by atoms with E-state index < -0.39 is 11.4 Å². The Bertz CT molecular complexity index is 593. The molecule has 0 fully saturated rings. The number of hydrogen-bond acceptors (Lipinski definition) is 4. The maximum absolute atomic E-state index is 13.1. The van der Waals surface area contributed by atoms with Gasteiger partial charge >= 0.3 is 0 Å². The molecule has 0 spiro atoms. The van der Waals surface area contributed by atoms with E-state index >= 15 is 0 Å². The van der Waals surface area contributed by atoms with Crippen LogP contribution in [0.3, 0.4) is 0 Å². The van der Waals surface area contributed by atoms with Crippen molar-refractivity contribution in [2.45, 2.75) is 18.9 Å². The van der Waals surface area contributed by atoms with E-state index in [0.29, 0.717) is 29.2 Å². The van der Waals surface area contributed by atoms with Crippen LogP contribution in [-0.2, 0) is 5.60 Å². The number of ether oxygens (including phenoxy) is 2. The highest BCUT2D eigenvalue weighted by atomic mass is 19.1. The van der Waals surface area contributed by atoms with Crippen molar-refractivity contribution in [2.24, 2.45) is 0 Å². The molecule has 0 saturated carbocycles. The van der Waals surface area contributed by atoms with Crippen molar-refractivity contribution >= 4 is 0 Å². The second-order valence-electron chi connectivity index (χ2n) is 4.61. The van der Waals surface area contributed by atoms with Crippen LogP contribution in [0.25, 0.3) is 0 Å². The molecule has 1 unspecified atom stereocenters. The first-order valence-corrected chi connectivity index (χ1v) is 6.62. The van der Waals surface area contributed by atoms with Crippen LogP contribution in [0.1, 0.15) is 24.6 Å². The molecule has 1 heterocycles. The molecule has 1 aromatic carbocycles. The zero-order valence-electron chi connectivity index (χ0n) is 12.3. The van der Waals surface area contributed by atoms with Gasteiger partial charge in [-0.2, -0.15) is 0 Å². The molecule has 112 valence electrons. The van der Waals surface area contributed by atoms with Crippen molar-refractivity contribution < 1.29 is 19.0 Å². The smallest absolute Gasteiger partial charge is 0.141 e. The number of methoxy groups -OCH3 is 2. The van der Waals surface area contributed by atoms with Crippen LogP contribution in [0.5, 0.6) is 11.5 Å². The summed E-state index contributed by atoms with van der Waals surface area (Å²) in [7, 11) is 3.04. The highest BCUT2D eigenvalue weighted by molar-refractivity contribution is 5.51. The second-order valence-corrected chi connectivity index (χ2v) is 4.61. The lowest BCUT2D eigenvalue weighted by molar-refractivity contribution is 0.0661. The van der Waals surface area contributed by atoms with E-state index in [0.717, 1.165) is 6.20 Å². The lowest BCUT2D eigenvalue weighted by Crippen LogP contribution is -2.29.